The lowest BCUT2D eigenvalue weighted by atomic mass is 10.0. The first-order valence-corrected chi connectivity index (χ1v) is 18.3. The van der Waals surface area contributed by atoms with E-state index in [1.54, 1.807) is 48.7 Å². The van der Waals surface area contributed by atoms with Gasteiger partial charge in [-0.25, -0.2) is 4.79 Å². The second-order valence-electron chi connectivity index (χ2n) is 12.4. The van der Waals surface area contributed by atoms with E-state index in [2.05, 4.69) is 26.6 Å². The summed E-state index contributed by atoms with van der Waals surface area (Å²) in [5, 5.41) is 31.2. The number of amides is 7. The van der Waals surface area contributed by atoms with E-state index < -0.39 is 96.4 Å². The highest BCUT2D eigenvalue weighted by Crippen LogP contribution is 2.12. The summed E-state index contributed by atoms with van der Waals surface area (Å²) in [6.45, 7) is 1.30. The number of rotatable bonds is 23. The summed E-state index contributed by atoms with van der Waals surface area (Å²) < 4.78 is 0. The standard InChI is InChI=1S/C35H48N8O10S/c1-19(39-31(48)23(36)16-21-8-10-22(44)11-9-21)30(47)42-27(18-29(38)46)34(51)40-24(12-13-28(37)45)32(49)43-26(17-20-6-4-3-5-7-20)33(50)41-25(35(52)53)14-15-54-2/h3-11,19,23-27,44H,12-18,36H2,1-2H3,(H2,37,45)(H2,38,46)(H,39,48)(H,40,51)(H,41,50)(H,42,47)(H,43,49)(H,52,53)/t19-,23-,24-,25-,26-,27-/m0/s1. The molecule has 0 aliphatic carbocycles. The molecule has 0 radical (unpaired) electrons. The number of thioether (sulfide) groups is 1. The van der Waals surface area contributed by atoms with Gasteiger partial charge in [0.2, 0.25) is 41.4 Å². The van der Waals surface area contributed by atoms with Gasteiger partial charge in [0.05, 0.1) is 12.5 Å². The van der Waals surface area contributed by atoms with E-state index in [0.717, 1.165) is 0 Å². The topological polar surface area (TPSA) is 315 Å². The molecule has 0 fully saturated rings. The molecule has 0 aliphatic heterocycles. The molecule has 54 heavy (non-hydrogen) atoms. The molecule has 0 unspecified atom stereocenters. The van der Waals surface area contributed by atoms with Crippen molar-refractivity contribution in [3.05, 3.63) is 65.7 Å². The number of carboxylic acid groups (broad SMARTS) is 1. The van der Waals surface area contributed by atoms with Crippen molar-refractivity contribution in [2.24, 2.45) is 17.2 Å². The maximum atomic E-state index is 13.7. The Morgan fingerprint density at radius 3 is 1.76 bits per heavy atom. The van der Waals surface area contributed by atoms with Crippen molar-refractivity contribution in [1.82, 2.24) is 26.6 Å². The fourth-order valence-electron chi connectivity index (χ4n) is 5.00. The van der Waals surface area contributed by atoms with Gasteiger partial charge < -0.3 is 54.0 Å². The zero-order valence-corrected chi connectivity index (χ0v) is 30.7. The summed E-state index contributed by atoms with van der Waals surface area (Å²) in [4.78, 5) is 102. The Balaban J connectivity index is 2.23. The van der Waals surface area contributed by atoms with Crippen LogP contribution in [0.4, 0.5) is 0 Å². The largest absolute Gasteiger partial charge is 0.508 e. The molecule has 2 rings (SSSR count). The summed E-state index contributed by atoms with van der Waals surface area (Å²) in [6, 6.07) is 6.37. The Morgan fingerprint density at radius 2 is 1.19 bits per heavy atom. The Hall–Kier alpha value is -5.69. The molecule has 18 nitrogen and oxygen atoms in total. The van der Waals surface area contributed by atoms with E-state index in [1.165, 1.54) is 30.8 Å². The highest BCUT2D eigenvalue weighted by Gasteiger charge is 2.33. The molecule has 294 valence electrons. The van der Waals surface area contributed by atoms with Crippen molar-refractivity contribution in [2.45, 2.75) is 81.7 Å². The smallest absolute Gasteiger partial charge is 0.326 e. The Labute approximate surface area is 316 Å². The van der Waals surface area contributed by atoms with Gasteiger partial charge in [-0.2, -0.15) is 11.8 Å². The predicted octanol–water partition coefficient (Wildman–Crippen LogP) is -2.07. The molecule has 2 aromatic rings. The number of primary amides is 2. The number of carboxylic acids is 1. The zero-order chi connectivity index (χ0) is 40.4. The molecule has 0 aliphatic rings. The average molecular weight is 773 g/mol. The van der Waals surface area contributed by atoms with Gasteiger partial charge in [0, 0.05) is 12.8 Å². The summed E-state index contributed by atoms with van der Waals surface area (Å²) in [5.74, 6) is -7.11. The van der Waals surface area contributed by atoms with Crippen LogP contribution in [0.2, 0.25) is 0 Å². The van der Waals surface area contributed by atoms with E-state index in [4.69, 9.17) is 17.2 Å². The first-order chi connectivity index (χ1) is 25.5. The quantitative estimate of drug-likeness (QED) is 0.0583. The van der Waals surface area contributed by atoms with Crippen molar-refractivity contribution in [2.75, 3.05) is 12.0 Å². The fraction of sp³-hybridized carbons (Fsp3) is 0.429. The SMILES string of the molecule is CSCC[C@H](NC(=O)[C@H](Cc1ccccc1)NC(=O)[C@H](CCC(N)=O)NC(=O)[C@H](CC(N)=O)NC(=O)[C@H](C)NC(=O)[C@@H](N)Cc1ccc(O)cc1)C(=O)O. The van der Waals surface area contributed by atoms with Crippen LogP contribution in [0.15, 0.2) is 54.6 Å². The zero-order valence-electron chi connectivity index (χ0n) is 29.9. The van der Waals surface area contributed by atoms with Gasteiger partial charge in [-0.1, -0.05) is 42.5 Å². The molecule has 19 heteroatoms. The number of benzene rings is 2. The summed E-state index contributed by atoms with van der Waals surface area (Å²) >= 11 is 1.38. The monoisotopic (exact) mass is 772 g/mol. The van der Waals surface area contributed by atoms with Crippen molar-refractivity contribution in [1.29, 1.82) is 0 Å². The van der Waals surface area contributed by atoms with Crippen molar-refractivity contribution in [3.63, 3.8) is 0 Å². The highest BCUT2D eigenvalue weighted by molar-refractivity contribution is 7.98. The van der Waals surface area contributed by atoms with Crippen LogP contribution in [0.1, 0.15) is 43.7 Å². The molecule has 0 saturated heterocycles. The lowest BCUT2D eigenvalue weighted by molar-refractivity contribution is -0.142. The minimum atomic E-state index is -1.65. The molecule has 2 aromatic carbocycles. The van der Waals surface area contributed by atoms with Crippen LogP contribution in [-0.2, 0) is 51.2 Å². The Kier molecular flexibility index (Phi) is 18.4. The molecule has 0 heterocycles. The van der Waals surface area contributed by atoms with Crippen LogP contribution in [-0.4, -0.2) is 106 Å². The number of nitrogens with one attached hydrogen (secondary N) is 5. The van der Waals surface area contributed by atoms with Crippen LogP contribution in [0.5, 0.6) is 5.75 Å². The average Bonchev–Trinajstić information content (AvgIpc) is 3.11. The third-order valence-electron chi connectivity index (χ3n) is 7.97. The van der Waals surface area contributed by atoms with Gasteiger partial charge >= 0.3 is 5.97 Å². The van der Waals surface area contributed by atoms with Crippen molar-refractivity contribution < 1.29 is 48.6 Å². The van der Waals surface area contributed by atoms with Crippen LogP contribution in [0.25, 0.3) is 0 Å². The molecular formula is C35H48N8O10S. The van der Waals surface area contributed by atoms with Gasteiger partial charge in [-0.3, -0.25) is 33.6 Å². The number of hydrogen-bond donors (Lipinski definition) is 10. The molecule has 6 atom stereocenters. The summed E-state index contributed by atoms with van der Waals surface area (Å²) in [5.41, 5.74) is 17.9. The third-order valence-corrected chi connectivity index (χ3v) is 8.62. The van der Waals surface area contributed by atoms with Crippen molar-refractivity contribution >= 4 is 59.1 Å². The maximum absolute atomic E-state index is 13.7. The van der Waals surface area contributed by atoms with E-state index >= 15 is 0 Å². The fourth-order valence-corrected chi connectivity index (χ4v) is 5.47. The molecule has 0 spiro atoms. The second kappa shape index (κ2) is 22.4. The first-order valence-electron chi connectivity index (χ1n) is 16.9. The van der Waals surface area contributed by atoms with Gasteiger partial charge in [0.25, 0.3) is 0 Å². The minimum absolute atomic E-state index is 0.0271. The number of hydrogen-bond acceptors (Lipinski definition) is 11. The number of aliphatic carboxylic acids is 1. The van der Waals surface area contributed by atoms with E-state index in [9.17, 15) is 48.6 Å². The molecular weight excluding hydrogens is 724 g/mol. The number of phenols is 1. The van der Waals surface area contributed by atoms with Crippen LogP contribution in [0.3, 0.4) is 0 Å². The maximum Gasteiger partial charge on any atom is 0.326 e. The lowest BCUT2D eigenvalue weighted by Gasteiger charge is -2.26. The van der Waals surface area contributed by atoms with E-state index in [0.29, 0.717) is 16.9 Å². The number of aromatic hydroxyl groups is 1. The Morgan fingerprint density at radius 1 is 0.648 bits per heavy atom. The normalized spacial score (nSPS) is 14.1. The van der Waals surface area contributed by atoms with Crippen LogP contribution >= 0.6 is 11.8 Å². The van der Waals surface area contributed by atoms with Gasteiger partial charge in [0.1, 0.15) is 36.0 Å². The predicted molar refractivity (Wildman–Crippen MR) is 198 cm³/mol. The van der Waals surface area contributed by atoms with Crippen LogP contribution < -0.4 is 43.8 Å². The molecule has 0 aromatic heterocycles. The summed E-state index contributed by atoms with van der Waals surface area (Å²) in [6.07, 6.45) is 0.392. The van der Waals surface area contributed by atoms with Crippen LogP contribution in [0, 0.1) is 0 Å². The minimum Gasteiger partial charge on any atom is -0.508 e. The summed E-state index contributed by atoms with van der Waals surface area (Å²) in [7, 11) is 0. The lowest BCUT2D eigenvalue weighted by Crippen LogP contribution is -2.59. The first kappa shape index (κ1) is 44.5. The van der Waals surface area contributed by atoms with Gasteiger partial charge in [-0.15, -0.1) is 0 Å². The third kappa shape index (κ3) is 15.9. The number of carbonyl (C=O) groups excluding carboxylic acids is 7. The molecule has 7 amide bonds. The Bertz CT molecular complexity index is 1630. The number of nitrogens with two attached hydrogens (primary N) is 3. The number of carbonyl (C=O) groups is 8. The molecule has 13 N–H and O–H groups in total. The van der Waals surface area contributed by atoms with Crippen molar-refractivity contribution in [3.8, 4) is 5.75 Å². The van der Waals surface area contributed by atoms with E-state index in [1.807, 2.05) is 0 Å². The number of phenolic OH excluding ortho intramolecular Hbond substituents is 1. The molecule has 0 saturated carbocycles. The van der Waals surface area contributed by atoms with Gasteiger partial charge in [0.15, 0.2) is 0 Å². The second-order valence-corrected chi connectivity index (χ2v) is 13.4. The molecule has 0 bridgehead atoms. The van der Waals surface area contributed by atoms with E-state index in [-0.39, 0.29) is 31.4 Å². The van der Waals surface area contributed by atoms with Gasteiger partial charge in [-0.05, 0) is 61.5 Å². The highest BCUT2D eigenvalue weighted by atomic mass is 32.2.